The molecule has 2 aromatic rings. The number of ketones is 1. The normalized spacial score (nSPS) is 10.4. The van der Waals surface area contributed by atoms with Crippen LogP contribution >= 0.6 is 23.4 Å². The zero-order valence-corrected chi connectivity index (χ0v) is 13.6. The summed E-state index contributed by atoms with van der Waals surface area (Å²) in [7, 11) is 0. The SMILES string of the molecule is CCOc1ccc(C(C)=O)cc1CSc1cccc(Cl)c1. The van der Waals surface area contributed by atoms with Gasteiger partial charge in [-0.05, 0) is 50.2 Å². The Labute approximate surface area is 134 Å². The maximum atomic E-state index is 11.5. The predicted octanol–water partition coefficient (Wildman–Crippen LogP) is 5.23. The maximum absolute atomic E-state index is 11.5. The average molecular weight is 321 g/mol. The molecule has 0 heterocycles. The number of hydrogen-bond donors (Lipinski definition) is 0. The second-order valence-corrected chi connectivity index (χ2v) is 6.04. The molecule has 110 valence electrons. The van der Waals surface area contributed by atoms with Crippen LogP contribution in [0.25, 0.3) is 0 Å². The molecule has 2 rings (SSSR count). The van der Waals surface area contributed by atoms with Crippen molar-refractivity contribution in [1.82, 2.24) is 0 Å². The molecule has 21 heavy (non-hydrogen) atoms. The van der Waals surface area contributed by atoms with Crippen LogP contribution in [0.2, 0.25) is 5.02 Å². The Morgan fingerprint density at radius 3 is 2.71 bits per heavy atom. The lowest BCUT2D eigenvalue weighted by Gasteiger charge is -2.11. The smallest absolute Gasteiger partial charge is 0.159 e. The molecule has 2 aromatic carbocycles. The van der Waals surface area contributed by atoms with Crippen LogP contribution in [-0.4, -0.2) is 12.4 Å². The van der Waals surface area contributed by atoms with Gasteiger partial charge in [0, 0.05) is 26.8 Å². The highest BCUT2D eigenvalue weighted by Gasteiger charge is 2.08. The Morgan fingerprint density at radius 1 is 1.24 bits per heavy atom. The Kier molecular flexibility index (Phi) is 5.71. The largest absolute Gasteiger partial charge is 0.494 e. The number of hydrogen-bond acceptors (Lipinski definition) is 3. The summed E-state index contributed by atoms with van der Waals surface area (Å²) in [6, 6.07) is 13.3. The molecule has 0 amide bonds. The van der Waals surface area contributed by atoms with Crippen LogP contribution in [-0.2, 0) is 5.75 Å². The van der Waals surface area contributed by atoms with Crippen molar-refractivity contribution >= 4 is 29.1 Å². The predicted molar refractivity (Wildman–Crippen MR) is 88.6 cm³/mol. The molecule has 0 fully saturated rings. The lowest BCUT2D eigenvalue weighted by Crippen LogP contribution is -1.99. The zero-order chi connectivity index (χ0) is 15.2. The van der Waals surface area contributed by atoms with E-state index >= 15 is 0 Å². The summed E-state index contributed by atoms with van der Waals surface area (Å²) in [5.74, 6) is 1.63. The van der Waals surface area contributed by atoms with E-state index in [2.05, 4.69) is 0 Å². The number of halogens is 1. The van der Waals surface area contributed by atoms with E-state index < -0.39 is 0 Å². The number of carbonyl (C=O) groups is 1. The quantitative estimate of drug-likeness (QED) is 0.538. The second-order valence-electron chi connectivity index (χ2n) is 4.56. The molecule has 0 unspecified atom stereocenters. The van der Waals surface area contributed by atoms with Gasteiger partial charge in [0.15, 0.2) is 5.78 Å². The highest BCUT2D eigenvalue weighted by Crippen LogP contribution is 2.30. The minimum atomic E-state index is 0.0621. The third-order valence-electron chi connectivity index (χ3n) is 2.96. The van der Waals surface area contributed by atoms with E-state index in [1.54, 1.807) is 24.8 Å². The van der Waals surface area contributed by atoms with Gasteiger partial charge in [0.2, 0.25) is 0 Å². The molecular formula is C17H17ClO2S. The van der Waals surface area contributed by atoms with Gasteiger partial charge in [0.05, 0.1) is 6.61 Å². The van der Waals surface area contributed by atoms with Crippen LogP contribution in [0.5, 0.6) is 5.75 Å². The van der Waals surface area contributed by atoms with Gasteiger partial charge in [-0.15, -0.1) is 11.8 Å². The minimum absolute atomic E-state index is 0.0621. The molecule has 0 aliphatic heterocycles. The van der Waals surface area contributed by atoms with Crippen molar-refractivity contribution in [2.45, 2.75) is 24.5 Å². The molecule has 4 heteroatoms. The van der Waals surface area contributed by atoms with Gasteiger partial charge >= 0.3 is 0 Å². The van der Waals surface area contributed by atoms with E-state index in [-0.39, 0.29) is 5.78 Å². The summed E-state index contributed by atoms with van der Waals surface area (Å²) < 4.78 is 5.63. The van der Waals surface area contributed by atoms with Gasteiger partial charge in [0.1, 0.15) is 5.75 Å². The zero-order valence-electron chi connectivity index (χ0n) is 12.1. The first-order valence-electron chi connectivity index (χ1n) is 6.75. The number of rotatable bonds is 6. The van der Waals surface area contributed by atoms with Crippen LogP contribution < -0.4 is 4.74 Å². The molecule has 0 saturated heterocycles. The molecule has 0 N–H and O–H groups in total. The molecular weight excluding hydrogens is 304 g/mol. The lowest BCUT2D eigenvalue weighted by atomic mass is 10.1. The first kappa shape index (κ1) is 15.9. The van der Waals surface area contributed by atoms with Crippen molar-refractivity contribution < 1.29 is 9.53 Å². The van der Waals surface area contributed by atoms with Crippen molar-refractivity contribution in [3.05, 3.63) is 58.6 Å². The Bertz CT molecular complexity index is 640. The van der Waals surface area contributed by atoms with E-state index in [4.69, 9.17) is 16.3 Å². The van der Waals surface area contributed by atoms with E-state index in [1.807, 2.05) is 43.3 Å². The third kappa shape index (κ3) is 4.51. The van der Waals surface area contributed by atoms with Crippen LogP contribution in [0.1, 0.15) is 29.8 Å². The van der Waals surface area contributed by atoms with Gasteiger partial charge in [-0.1, -0.05) is 17.7 Å². The summed E-state index contributed by atoms with van der Waals surface area (Å²) >= 11 is 7.66. The molecule has 0 bridgehead atoms. The first-order valence-corrected chi connectivity index (χ1v) is 8.11. The molecule has 0 aliphatic rings. The van der Waals surface area contributed by atoms with Crippen LogP contribution in [0.3, 0.4) is 0 Å². The van der Waals surface area contributed by atoms with Crippen molar-refractivity contribution in [2.75, 3.05) is 6.61 Å². The summed E-state index contributed by atoms with van der Waals surface area (Å²) in [6.45, 7) is 4.13. The van der Waals surface area contributed by atoms with E-state index in [0.29, 0.717) is 12.2 Å². The fourth-order valence-electron chi connectivity index (χ4n) is 1.93. The molecule has 0 spiro atoms. The standard InChI is InChI=1S/C17H17ClO2S/c1-3-20-17-8-7-13(12(2)19)9-14(17)11-21-16-6-4-5-15(18)10-16/h4-10H,3,11H2,1-2H3. The number of benzene rings is 2. The van der Waals surface area contributed by atoms with E-state index in [1.165, 1.54) is 0 Å². The van der Waals surface area contributed by atoms with Gasteiger partial charge in [0.25, 0.3) is 0 Å². The van der Waals surface area contributed by atoms with Gasteiger partial charge < -0.3 is 4.74 Å². The fourth-order valence-corrected chi connectivity index (χ4v) is 3.11. The number of Topliss-reactive ketones (excluding diaryl/α,β-unsaturated/α-hetero) is 1. The molecule has 2 nitrogen and oxygen atoms in total. The third-order valence-corrected chi connectivity index (χ3v) is 4.23. The molecule has 0 aliphatic carbocycles. The van der Waals surface area contributed by atoms with Crippen molar-refractivity contribution in [3.63, 3.8) is 0 Å². The molecule has 0 radical (unpaired) electrons. The lowest BCUT2D eigenvalue weighted by molar-refractivity contribution is 0.101. The monoisotopic (exact) mass is 320 g/mol. The number of carbonyl (C=O) groups excluding carboxylic acids is 1. The molecule has 0 saturated carbocycles. The average Bonchev–Trinajstić information content (AvgIpc) is 2.46. The van der Waals surface area contributed by atoms with Gasteiger partial charge in [-0.3, -0.25) is 4.79 Å². The molecule has 0 atom stereocenters. The summed E-state index contributed by atoms with van der Waals surface area (Å²) in [6.07, 6.45) is 0. The topological polar surface area (TPSA) is 26.3 Å². The Balaban J connectivity index is 2.20. The highest BCUT2D eigenvalue weighted by atomic mass is 35.5. The van der Waals surface area contributed by atoms with Crippen LogP contribution in [0.15, 0.2) is 47.4 Å². The summed E-state index contributed by atoms with van der Waals surface area (Å²) in [5, 5.41) is 0.725. The van der Waals surface area contributed by atoms with Crippen molar-refractivity contribution in [1.29, 1.82) is 0 Å². The number of ether oxygens (including phenoxy) is 1. The number of thioether (sulfide) groups is 1. The Morgan fingerprint density at radius 2 is 2.05 bits per heavy atom. The Hall–Kier alpha value is -1.45. The fraction of sp³-hybridized carbons (Fsp3) is 0.235. The second kappa shape index (κ2) is 7.53. The van der Waals surface area contributed by atoms with Crippen LogP contribution in [0, 0.1) is 0 Å². The van der Waals surface area contributed by atoms with E-state index in [0.717, 1.165) is 27.0 Å². The van der Waals surface area contributed by atoms with Crippen molar-refractivity contribution in [3.8, 4) is 5.75 Å². The summed E-state index contributed by atoms with van der Waals surface area (Å²) in [5.41, 5.74) is 1.73. The van der Waals surface area contributed by atoms with Crippen LogP contribution in [0.4, 0.5) is 0 Å². The highest BCUT2D eigenvalue weighted by molar-refractivity contribution is 7.98. The van der Waals surface area contributed by atoms with Gasteiger partial charge in [-0.2, -0.15) is 0 Å². The summed E-state index contributed by atoms with van der Waals surface area (Å²) in [4.78, 5) is 12.6. The maximum Gasteiger partial charge on any atom is 0.159 e. The first-order chi connectivity index (χ1) is 10.1. The van der Waals surface area contributed by atoms with Gasteiger partial charge in [-0.25, -0.2) is 0 Å². The van der Waals surface area contributed by atoms with Crippen molar-refractivity contribution in [2.24, 2.45) is 0 Å². The minimum Gasteiger partial charge on any atom is -0.494 e. The van der Waals surface area contributed by atoms with E-state index in [9.17, 15) is 4.79 Å². The molecule has 0 aromatic heterocycles.